The number of rotatable bonds is 7. The lowest BCUT2D eigenvalue weighted by atomic mass is 9.89. The molecule has 0 bridgehead atoms. The van der Waals surface area contributed by atoms with Gasteiger partial charge in [-0.1, -0.05) is 42.8 Å². The molecule has 1 fully saturated rings. The van der Waals surface area contributed by atoms with E-state index in [0.717, 1.165) is 36.5 Å². The Hall–Kier alpha value is -3.57. The van der Waals surface area contributed by atoms with Gasteiger partial charge in [-0.15, -0.1) is 0 Å². The van der Waals surface area contributed by atoms with E-state index in [-0.39, 0.29) is 11.3 Å². The van der Waals surface area contributed by atoms with Gasteiger partial charge >= 0.3 is 0 Å². The second-order valence-corrected chi connectivity index (χ2v) is 8.94. The Bertz CT molecular complexity index is 1340. The van der Waals surface area contributed by atoms with Crippen LogP contribution in [0.4, 0.5) is 8.78 Å². The fraction of sp³-hybridized carbons (Fsp3) is 0.233. The van der Waals surface area contributed by atoms with Crippen LogP contribution < -0.4 is 4.74 Å². The number of nitrogens with zero attached hydrogens (tertiary/aromatic N) is 1. The molecule has 0 radical (unpaired) electrons. The van der Waals surface area contributed by atoms with Gasteiger partial charge in [0.1, 0.15) is 24.0 Å². The molecule has 1 aliphatic rings. The third-order valence-corrected chi connectivity index (χ3v) is 6.62. The topological polar surface area (TPSA) is 29.5 Å². The molecule has 0 amide bonds. The van der Waals surface area contributed by atoms with Crippen molar-refractivity contribution in [3.8, 4) is 16.9 Å². The highest BCUT2D eigenvalue weighted by Gasteiger charge is 2.20. The molecule has 0 saturated carbocycles. The molecule has 1 saturated heterocycles. The van der Waals surface area contributed by atoms with Crippen molar-refractivity contribution < 1.29 is 18.3 Å². The zero-order valence-electron chi connectivity index (χ0n) is 19.5. The van der Waals surface area contributed by atoms with Crippen LogP contribution in [0.5, 0.6) is 5.75 Å². The van der Waals surface area contributed by atoms with Crippen LogP contribution in [0.15, 0.2) is 78.9 Å². The fourth-order valence-corrected chi connectivity index (χ4v) is 4.77. The van der Waals surface area contributed by atoms with Crippen molar-refractivity contribution in [2.75, 3.05) is 26.2 Å². The molecule has 0 atom stereocenters. The predicted octanol–water partition coefficient (Wildman–Crippen LogP) is 6.88. The summed E-state index contributed by atoms with van der Waals surface area (Å²) in [6, 6.07) is 21.6. The van der Waals surface area contributed by atoms with Gasteiger partial charge in [-0.3, -0.25) is 9.69 Å². The minimum Gasteiger partial charge on any atom is -0.492 e. The molecule has 4 aromatic rings. The number of hydrogen-bond donors (Lipinski definition) is 0. The number of halogens is 2. The molecule has 5 heteroatoms. The van der Waals surface area contributed by atoms with E-state index in [0.29, 0.717) is 29.0 Å². The molecular formula is C30H27F2NO2. The van der Waals surface area contributed by atoms with Crippen LogP contribution in [-0.4, -0.2) is 36.9 Å². The highest BCUT2D eigenvalue weighted by Crippen LogP contribution is 2.34. The van der Waals surface area contributed by atoms with Crippen molar-refractivity contribution in [2.45, 2.75) is 19.3 Å². The number of fused-ring (bicyclic) bond motifs is 1. The maximum absolute atomic E-state index is 14.7. The molecule has 0 aromatic heterocycles. The Kier molecular flexibility index (Phi) is 6.87. The van der Waals surface area contributed by atoms with Crippen molar-refractivity contribution in [2.24, 2.45) is 0 Å². The van der Waals surface area contributed by atoms with Gasteiger partial charge in [0.25, 0.3) is 0 Å². The number of likely N-dealkylation sites (tertiary alicyclic amines) is 1. The van der Waals surface area contributed by atoms with Gasteiger partial charge < -0.3 is 4.74 Å². The van der Waals surface area contributed by atoms with Gasteiger partial charge in [-0.05, 0) is 78.7 Å². The van der Waals surface area contributed by atoms with E-state index in [2.05, 4.69) is 4.90 Å². The number of ketones is 1. The molecule has 0 N–H and O–H groups in total. The number of carbonyl (C=O) groups is 1. The zero-order chi connectivity index (χ0) is 24.2. The van der Waals surface area contributed by atoms with Crippen LogP contribution in [0, 0.1) is 11.6 Å². The molecule has 1 heterocycles. The van der Waals surface area contributed by atoms with E-state index >= 15 is 0 Å². The second-order valence-electron chi connectivity index (χ2n) is 8.94. The third-order valence-electron chi connectivity index (χ3n) is 6.62. The van der Waals surface area contributed by atoms with Crippen LogP contribution in [0.25, 0.3) is 21.9 Å². The molecule has 0 spiro atoms. The molecule has 4 aromatic carbocycles. The Balaban J connectivity index is 1.43. The first-order chi connectivity index (χ1) is 17.1. The van der Waals surface area contributed by atoms with E-state index in [1.54, 1.807) is 30.3 Å². The number of benzene rings is 4. The van der Waals surface area contributed by atoms with Crippen LogP contribution in [-0.2, 0) is 0 Å². The van der Waals surface area contributed by atoms with Crippen molar-refractivity contribution in [3.05, 3.63) is 102 Å². The standard InChI is InChI=1S/C30H27F2NO2/c31-23-11-15-26(28(32)20-23)27-14-10-21-6-2-3-7-25(21)29(27)30(34)22-8-12-24(13-9-22)35-19-18-33-16-4-1-5-17-33/h2-3,6-15,20H,1,4-5,16-19H2. The van der Waals surface area contributed by atoms with Crippen molar-refractivity contribution >= 4 is 16.6 Å². The molecule has 0 aliphatic carbocycles. The van der Waals surface area contributed by atoms with Gasteiger partial charge in [0.15, 0.2) is 5.78 Å². The summed E-state index contributed by atoms with van der Waals surface area (Å²) in [5.74, 6) is -0.871. The SMILES string of the molecule is O=C(c1ccc(OCCN2CCCCC2)cc1)c1c(-c2ccc(F)cc2F)ccc2ccccc12. The highest BCUT2D eigenvalue weighted by atomic mass is 19.1. The van der Waals surface area contributed by atoms with E-state index in [9.17, 15) is 13.6 Å². The highest BCUT2D eigenvalue weighted by molar-refractivity contribution is 6.20. The van der Waals surface area contributed by atoms with E-state index < -0.39 is 11.6 Å². The van der Waals surface area contributed by atoms with Gasteiger partial charge in [-0.2, -0.15) is 0 Å². The maximum Gasteiger partial charge on any atom is 0.194 e. The normalized spacial score (nSPS) is 14.2. The average molecular weight is 472 g/mol. The summed E-state index contributed by atoms with van der Waals surface area (Å²) in [6.45, 7) is 3.74. The predicted molar refractivity (Wildman–Crippen MR) is 135 cm³/mol. The van der Waals surface area contributed by atoms with E-state index in [1.807, 2.05) is 30.3 Å². The quantitative estimate of drug-likeness (QED) is 0.275. The minimum absolute atomic E-state index is 0.193. The Morgan fingerprint density at radius 1 is 0.829 bits per heavy atom. The summed E-state index contributed by atoms with van der Waals surface area (Å²) < 4.78 is 34.2. The first kappa shape index (κ1) is 23.2. The Morgan fingerprint density at radius 3 is 2.34 bits per heavy atom. The molecule has 3 nitrogen and oxygen atoms in total. The second kappa shape index (κ2) is 10.4. The van der Waals surface area contributed by atoms with Gasteiger partial charge in [0.2, 0.25) is 0 Å². The lowest BCUT2D eigenvalue weighted by molar-refractivity contribution is 0.104. The lowest BCUT2D eigenvalue weighted by Gasteiger charge is -2.26. The first-order valence-corrected chi connectivity index (χ1v) is 12.1. The number of piperidine rings is 1. The molecule has 0 unspecified atom stereocenters. The van der Waals surface area contributed by atoms with Crippen LogP contribution in [0.2, 0.25) is 0 Å². The molecule has 5 rings (SSSR count). The minimum atomic E-state index is -0.702. The fourth-order valence-electron chi connectivity index (χ4n) is 4.77. The largest absolute Gasteiger partial charge is 0.492 e. The first-order valence-electron chi connectivity index (χ1n) is 12.1. The molecular weight excluding hydrogens is 444 g/mol. The summed E-state index contributed by atoms with van der Waals surface area (Å²) in [4.78, 5) is 16.1. The van der Waals surface area contributed by atoms with E-state index in [4.69, 9.17) is 4.74 Å². The number of ether oxygens (including phenoxy) is 1. The Labute approximate surface area is 204 Å². The third kappa shape index (κ3) is 5.10. The Morgan fingerprint density at radius 2 is 1.57 bits per heavy atom. The number of carbonyl (C=O) groups excluding carboxylic acids is 1. The van der Waals surface area contributed by atoms with Crippen LogP contribution in [0.1, 0.15) is 35.2 Å². The monoisotopic (exact) mass is 471 g/mol. The molecule has 1 aliphatic heterocycles. The van der Waals surface area contributed by atoms with Crippen molar-refractivity contribution in [1.82, 2.24) is 4.90 Å². The van der Waals surface area contributed by atoms with Gasteiger partial charge in [0, 0.05) is 29.3 Å². The van der Waals surface area contributed by atoms with Gasteiger partial charge in [-0.25, -0.2) is 8.78 Å². The van der Waals surface area contributed by atoms with Gasteiger partial charge in [0.05, 0.1) is 0 Å². The smallest absolute Gasteiger partial charge is 0.194 e. The maximum atomic E-state index is 14.7. The summed E-state index contributed by atoms with van der Waals surface area (Å²) in [6.07, 6.45) is 3.79. The summed E-state index contributed by atoms with van der Waals surface area (Å²) in [7, 11) is 0. The van der Waals surface area contributed by atoms with E-state index in [1.165, 1.54) is 31.4 Å². The summed E-state index contributed by atoms with van der Waals surface area (Å²) in [5, 5.41) is 1.60. The molecule has 178 valence electrons. The average Bonchev–Trinajstić information content (AvgIpc) is 2.89. The van der Waals surface area contributed by atoms with Crippen molar-refractivity contribution in [1.29, 1.82) is 0 Å². The van der Waals surface area contributed by atoms with Crippen molar-refractivity contribution in [3.63, 3.8) is 0 Å². The zero-order valence-corrected chi connectivity index (χ0v) is 19.5. The summed E-state index contributed by atoms with van der Waals surface area (Å²) in [5.41, 5.74) is 1.51. The molecule has 35 heavy (non-hydrogen) atoms. The van der Waals surface area contributed by atoms with Crippen LogP contribution >= 0.6 is 0 Å². The summed E-state index contributed by atoms with van der Waals surface area (Å²) >= 11 is 0. The lowest BCUT2D eigenvalue weighted by Crippen LogP contribution is -2.33. The van der Waals surface area contributed by atoms with Crippen LogP contribution in [0.3, 0.4) is 0 Å². The number of hydrogen-bond acceptors (Lipinski definition) is 3.